The number of benzene rings is 1. The Balaban J connectivity index is 0.000000149. The number of fused-ring (bicyclic) bond motifs is 1. The van der Waals surface area contributed by atoms with Crippen LogP contribution in [0.4, 0.5) is 0 Å². The molecule has 104 valence electrons. The van der Waals surface area contributed by atoms with E-state index < -0.39 is 23.2 Å². The maximum absolute atomic E-state index is 8.87. The zero-order valence-corrected chi connectivity index (χ0v) is 10.6. The molecule has 1 aromatic carbocycles. The van der Waals surface area contributed by atoms with Gasteiger partial charge in [-0.3, -0.25) is 0 Å². The van der Waals surface area contributed by atoms with E-state index in [1.54, 1.807) is 0 Å². The minimum absolute atomic E-state index is 0.515. The Kier molecular flexibility index (Phi) is 4.00. The Hall–Kier alpha value is -2.82. The minimum atomic E-state index is -0.785. The lowest BCUT2D eigenvalue weighted by molar-refractivity contribution is 0.258. The van der Waals surface area contributed by atoms with Crippen molar-refractivity contribution in [2.24, 2.45) is 0 Å². The molecule has 0 atom stereocenters. The molecule has 2 aliphatic rings. The van der Waals surface area contributed by atoms with Gasteiger partial charge in [0.05, 0.1) is 0 Å². The third-order valence-electron chi connectivity index (χ3n) is 2.84. The van der Waals surface area contributed by atoms with Crippen LogP contribution in [0.5, 0.6) is 0 Å². The van der Waals surface area contributed by atoms with Crippen LogP contribution in [0.25, 0.3) is 6.08 Å². The van der Waals surface area contributed by atoms with E-state index in [9.17, 15) is 0 Å². The Morgan fingerprint density at radius 3 is 2.40 bits per heavy atom. The fourth-order valence-corrected chi connectivity index (χ4v) is 1.78. The largest absolute Gasteiger partial charge is 0.504 e. The normalized spacial score (nSPS) is 16.2. The molecule has 0 saturated heterocycles. The van der Waals surface area contributed by atoms with Gasteiger partial charge in [0.2, 0.25) is 17.4 Å². The second kappa shape index (κ2) is 5.88. The molecule has 20 heavy (non-hydrogen) atoms. The first-order chi connectivity index (χ1) is 9.59. The third-order valence-corrected chi connectivity index (χ3v) is 2.84. The Morgan fingerprint density at radius 1 is 0.900 bits per heavy atom. The molecule has 5 nitrogen and oxygen atoms in total. The summed E-state index contributed by atoms with van der Waals surface area (Å²) in [6, 6.07) is 8.49. The van der Waals surface area contributed by atoms with Crippen LogP contribution < -0.4 is 5.32 Å². The van der Waals surface area contributed by atoms with E-state index >= 15 is 0 Å². The molecule has 0 radical (unpaired) electrons. The molecule has 1 aromatic rings. The van der Waals surface area contributed by atoms with Crippen LogP contribution in [0.3, 0.4) is 0 Å². The van der Waals surface area contributed by atoms with E-state index in [2.05, 4.69) is 41.7 Å². The van der Waals surface area contributed by atoms with Crippen LogP contribution >= 0.6 is 0 Å². The maximum atomic E-state index is 8.87. The van der Waals surface area contributed by atoms with E-state index in [1.165, 1.54) is 17.3 Å². The third kappa shape index (κ3) is 2.95. The number of nitrogens with one attached hydrogen (secondary N) is 1. The highest BCUT2D eigenvalue weighted by Crippen LogP contribution is 2.17. The summed E-state index contributed by atoms with van der Waals surface area (Å²) in [6.45, 7) is 0. The van der Waals surface area contributed by atoms with Gasteiger partial charge in [-0.15, -0.1) is 0 Å². The molecule has 5 N–H and O–H groups in total. The van der Waals surface area contributed by atoms with Crippen LogP contribution in [-0.4, -0.2) is 20.4 Å². The van der Waals surface area contributed by atoms with Gasteiger partial charge in [0.15, 0.2) is 5.76 Å². The quantitative estimate of drug-likeness (QED) is 0.501. The van der Waals surface area contributed by atoms with Crippen LogP contribution in [0, 0.1) is 0 Å². The van der Waals surface area contributed by atoms with Crippen LogP contribution in [0.15, 0.2) is 65.8 Å². The number of allylic oxidation sites excluding steroid dienone is 2. The molecule has 0 fully saturated rings. The average Bonchev–Trinajstić information content (AvgIpc) is 2.90. The van der Waals surface area contributed by atoms with Gasteiger partial charge in [-0.2, -0.15) is 0 Å². The molecule has 0 spiro atoms. The Bertz CT molecular complexity index is 627. The summed E-state index contributed by atoms with van der Waals surface area (Å²) in [5.74, 6) is -2.67. The molecule has 5 heteroatoms. The second-order valence-electron chi connectivity index (χ2n) is 4.21. The first kappa shape index (κ1) is 13.6. The second-order valence-corrected chi connectivity index (χ2v) is 4.21. The van der Waals surface area contributed by atoms with Crippen molar-refractivity contribution in [2.45, 2.75) is 6.42 Å². The lowest BCUT2D eigenvalue weighted by atomic mass is 10.1. The van der Waals surface area contributed by atoms with E-state index in [1.807, 2.05) is 0 Å². The van der Waals surface area contributed by atoms with Gasteiger partial charge in [0, 0.05) is 6.20 Å². The van der Waals surface area contributed by atoms with Gasteiger partial charge >= 0.3 is 0 Å². The van der Waals surface area contributed by atoms with Gasteiger partial charge in [-0.1, -0.05) is 36.4 Å². The van der Waals surface area contributed by atoms with Crippen molar-refractivity contribution in [1.82, 2.24) is 5.32 Å². The topological polar surface area (TPSA) is 93.0 Å². The molecule has 0 amide bonds. The van der Waals surface area contributed by atoms with Crippen LogP contribution in [-0.2, 0) is 6.42 Å². The number of hydrogen-bond donors (Lipinski definition) is 5. The van der Waals surface area contributed by atoms with Crippen molar-refractivity contribution < 1.29 is 20.4 Å². The highest BCUT2D eigenvalue weighted by molar-refractivity contribution is 5.59. The molecule has 3 rings (SSSR count). The number of hydrogen-bond acceptors (Lipinski definition) is 5. The summed E-state index contributed by atoms with van der Waals surface area (Å²) in [4.78, 5) is 0. The zero-order chi connectivity index (χ0) is 14.5. The molecule has 0 bridgehead atoms. The number of aliphatic hydroxyl groups excluding tert-OH is 4. The van der Waals surface area contributed by atoms with Crippen LogP contribution in [0.2, 0.25) is 0 Å². The molecule has 0 aromatic heterocycles. The smallest absolute Gasteiger partial charge is 0.235 e. The molecule has 1 aliphatic heterocycles. The molecule has 1 aliphatic carbocycles. The standard InChI is InChI=1S/C9H8.C6H7NO4/c1-2-5-9-7-3-6-8(9)4-1;8-3-1-2-7-6(11)5(10)4(3)9/h1-6H,7H2;1-2,7-11H. The fraction of sp³-hybridized carbons (Fsp3) is 0.0667. The lowest BCUT2D eigenvalue weighted by Crippen LogP contribution is -2.06. The highest BCUT2D eigenvalue weighted by Gasteiger charge is 2.14. The van der Waals surface area contributed by atoms with Gasteiger partial charge < -0.3 is 25.7 Å². The predicted octanol–water partition coefficient (Wildman–Crippen LogP) is 2.97. The van der Waals surface area contributed by atoms with Crippen molar-refractivity contribution in [3.63, 3.8) is 0 Å². The summed E-state index contributed by atoms with van der Waals surface area (Å²) in [7, 11) is 0. The van der Waals surface area contributed by atoms with E-state index in [4.69, 9.17) is 20.4 Å². The van der Waals surface area contributed by atoms with Gasteiger partial charge in [0.1, 0.15) is 0 Å². The summed E-state index contributed by atoms with van der Waals surface area (Å²) in [6.07, 6.45) is 7.76. The average molecular weight is 273 g/mol. The Labute approximate surface area is 116 Å². The van der Waals surface area contributed by atoms with Crippen molar-refractivity contribution in [1.29, 1.82) is 0 Å². The van der Waals surface area contributed by atoms with Gasteiger partial charge in [-0.25, -0.2) is 0 Å². The predicted molar refractivity (Wildman–Crippen MR) is 76.0 cm³/mol. The minimum Gasteiger partial charge on any atom is -0.504 e. The van der Waals surface area contributed by atoms with Crippen molar-refractivity contribution >= 4 is 6.08 Å². The van der Waals surface area contributed by atoms with E-state index in [-0.39, 0.29) is 0 Å². The monoisotopic (exact) mass is 273 g/mol. The van der Waals surface area contributed by atoms with Gasteiger partial charge in [-0.05, 0) is 23.6 Å². The number of aliphatic hydroxyl groups is 4. The summed E-state index contributed by atoms with van der Waals surface area (Å²) in [5.41, 5.74) is 2.84. The van der Waals surface area contributed by atoms with E-state index in [0.29, 0.717) is 0 Å². The molecular weight excluding hydrogens is 258 g/mol. The first-order valence-corrected chi connectivity index (χ1v) is 6.02. The molecular formula is C15H15NO4. The van der Waals surface area contributed by atoms with Crippen molar-refractivity contribution in [3.8, 4) is 0 Å². The first-order valence-electron chi connectivity index (χ1n) is 6.02. The number of rotatable bonds is 0. The van der Waals surface area contributed by atoms with Crippen molar-refractivity contribution in [3.05, 3.63) is 76.9 Å². The van der Waals surface area contributed by atoms with Crippen LogP contribution in [0.1, 0.15) is 11.1 Å². The highest BCUT2D eigenvalue weighted by atomic mass is 16.4. The SMILES string of the molecule is C1=Cc2ccccc2C1.OC1=C(O)C(O)=C(O)NC=C1. The summed E-state index contributed by atoms with van der Waals surface area (Å²) in [5, 5.41) is 37.6. The zero-order valence-electron chi connectivity index (χ0n) is 10.6. The van der Waals surface area contributed by atoms with E-state index in [0.717, 1.165) is 12.5 Å². The molecule has 0 saturated carbocycles. The summed E-state index contributed by atoms with van der Waals surface area (Å²) < 4.78 is 0. The lowest BCUT2D eigenvalue weighted by Gasteiger charge is -2.00. The summed E-state index contributed by atoms with van der Waals surface area (Å²) >= 11 is 0. The fourth-order valence-electron chi connectivity index (χ4n) is 1.78. The molecule has 0 unspecified atom stereocenters. The van der Waals surface area contributed by atoms with Gasteiger partial charge in [0.25, 0.3) is 0 Å². The maximum Gasteiger partial charge on any atom is 0.235 e. The Morgan fingerprint density at radius 2 is 1.65 bits per heavy atom. The van der Waals surface area contributed by atoms with Crippen molar-refractivity contribution in [2.75, 3.05) is 0 Å². The molecule has 1 heterocycles.